The fourth-order valence-corrected chi connectivity index (χ4v) is 1.99. The smallest absolute Gasteiger partial charge is 0.263 e. The molecule has 1 fully saturated rings. The van der Waals surface area contributed by atoms with Crippen molar-refractivity contribution in [2.75, 3.05) is 13.1 Å². The number of ether oxygens (including phenoxy) is 1. The predicted octanol–water partition coefficient (Wildman–Crippen LogP) is 1.96. The molecule has 1 unspecified atom stereocenters. The monoisotopic (exact) mass is 289 g/mol. The summed E-state index contributed by atoms with van der Waals surface area (Å²) >= 11 is 11.6. The van der Waals surface area contributed by atoms with Gasteiger partial charge in [-0.15, -0.1) is 0 Å². The van der Waals surface area contributed by atoms with Gasteiger partial charge in [0.25, 0.3) is 5.91 Å². The van der Waals surface area contributed by atoms with Crippen LogP contribution in [0.2, 0.25) is 10.0 Å². The Morgan fingerprint density at radius 2 is 2.11 bits per heavy atom. The van der Waals surface area contributed by atoms with Gasteiger partial charge < -0.3 is 14.7 Å². The Labute approximate surface area is 115 Å². The number of hydrogen-bond donors (Lipinski definition) is 1. The summed E-state index contributed by atoms with van der Waals surface area (Å²) in [6, 6.07) is 4.84. The van der Waals surface area contributed by atoms with E-state index in [1.54, 1.807) is 30.0 Å². The highest BCUT2D eigenvalue weighted by Gasteiger charge is 2.32. The summed E-state index contributed by atoms with van der Waals surface area (Å²) < 4.78 is 5.49. The summed E-state index contributed by atoms with van der Waals surface area (Å²) in [6.45, 7) is 2.40. The van der Waals surface area contributed by atoms with Gasteiger partial charge in [-0.25, -0.2) is 0 Å². The number of halogens is 2. The molecule has 1 aromatic carbocycles. The van der Waals surface area contributed by atoms with Gasteiger partial charge in [-0.3, -0.25) is 4.79 Å². The van der Waals surface area contributed by atoms with Crippen LogP contribution in [0.25, 0.3) is 0 Å². The molecule has 1 aromatic rings. The second-order valence-corrected chi connectivity index (χ2v) is 5.05. The van der Waals surface area contributed by atoms with E-state index in [1.165, 1.54) is 0 Å². The normalized spacial score (nSPS) is 17.2. The largest absolute Gasteiger partial charge is 0.481 e. The van der Waals surface area contributed by atoms with Crippen LogP contribution in [0, 0.1) is 0 Å². The van der Waals surface area contributed by atoms with Gasteiger partial charge in [0.2, 0.25) is 0 Å². The number of nitrogens with zero attached hydrogens (tertiary/aromatic N) is 1. The van der Waals surface area contributed by atoms with Crippen molar-refractivity contribution in [3.05, 3.63) is 28.2 Å². The highest BCUT2D eigenvalue weighted by atomic mass is 35.5. The van der Waals surface area contributed by atoms with E-state index in [0.717, 1.165) is 0 Å². The standard InChI is InChI=1S/C12H13Cl2NO3/c1-7(12(17)15-5-8(16)6-15)18-9-2-3-10(13)11(14)4-9/h2-4,7-8,16H,5-6H2,1H3. The summed E-state index contributed by atoms with van der Waals surface area (Å²) in [5, 5.41) is 9.96. The zero-order valence-electron chi connectivity index (χ0n) is 9.77. The molecule has 0 saturated carbocycles. The van der Waals surface area contributed by atoms with Gasteiger partial charge in [0, 0.05) is 19.2 Å². The van der Waals surface area contributed by atoms with Crippen molar-refractivity contribution in [2.24, 2.45) is 0 Å². The van der Waals surface area contributed by atoms with Gasteiger partial charge in [0.15, 0.2) is 6.10 Å². The summed E-state index contributed by atoms with van der Waals surface area (Å²) in [6.07, 6.45) is -1.03. The lowest BCUT2D eigenvalue weighted by Gasteiger charge is -2.37. The number of hydrogen-bond acceptors (Lipinski definition) is 3. The first-order valence-corrected chi connectivity index (χ1v) is 6.31. The topological polar surface area (TPSA) is 49.8 Å². The molecule has 1 aliphatic heterocycles. The quantitative estimate of drug-likeness (QED) is 0.926. The van der Waals surface area contributed by atoms with Crippen molar-refractivity contribution in [3.63, 3.8) is 0 Å². The molecule has 1 heterocycles. The van der Waals surface area contributed by atoms with Crippen LogP contribution in [0.3, 0.4) is 0 Å². The van der Waals surface area contributed by atoms with Gasteiger partial charge >= 0.3 is 0 Å². The molecule has 4 nitrogen and oxygen atoms in total. The third kappa shape index (κ3) is 2.88. The van der Waals surface area contributed by atoms with Crippen molar-refractivity contribution in [1.29, 1.82) is 0 Å². The average Bonchev–Trinajstić information content (AvgIpc) is 2.29. The Kier molecular flexibility index (Phi) is 4.00. The van der Waals surface area contributed by atoms with E-state index in [2.05, 4.69) is 0 Å². The number of benzene rings is 1. The highest BCUT2D eigenvalue weighted by molar-refractivity contribution is 6.42. The first kappa shape index (κ1) is 13.5. The lowest BCUT2D eigenvalue weighted by Crippen LogP contribution is -2.56. The number of aliphatic hydroxyl groups excluding tert-OH is 1. The third-order valence-corrected chi connectivity index (χ3v) is 3.46. The first-order chi connectivity index (χ1) is 8.47. The number of carbonyl (C=O) groups excluding carboxylic acids is 1. The zero-order valence-corrected chi connectivity index (χ0v) is 11.3. The summed E-state index contributed by atoms with van der Waals surface area (Å²) in [5.74, 6) is 0.345. The van der Waals surface area contributed by atoms with E-state index in [9.17, 15) is 4.79 Å². The Morgan fingerprint density at radius 1 is 1.44 bits per heavy atom. The highest BCUT2D eigenvalue weighted by Crippen LogP contribution is 2.27. The van der Waals surface area contributed by atoms with Crippen molar-refractivity contribution >= 4 is 29.1 Å². The van der Waals surface area contributed by atoms with Crippen molar-refractivity contribution < 1.29 is 14.6 Å². The van der Waals surface area contributed by atoms with E-state index in [-0.39, 0.29) is 5.91 Å². The van der Waals surface area contributed by atoms with Crippen LogP contribution in [0.5, 0.6) is 5.75 Å². The lowest BCUT2D eigenvalue weighted by molar-refractivity contribution is -0.148. The van der Waals surface area contributed by atoms with Gasteiger partial charge in [-0.1, -0.05) is 23.2 Å². The molecule has 0 aliphatic carbocycles. The van der Waals surface area contributed by atoms with Crippen molar-refractivity contribution in [2.45, 2.75) is 19.1 Å². The number of aliphatic hydroxyl groups is 1. The fourth-order valence-electron chi connectivity index (χ4n) is 1.70. The van der Waals surface area contributed by atoms with Crippen LogP contribution < -0.4 is 4.74 Å². The summed E-state index contributed by atoms with van der Waals surface area (Å²) in [7, 11) is 0. The second-order valence-electron chi connectivity index (χ2n) is 4.23. The molecule has 18 heavy (non-hydrogen) atoms. The maximum Gasteiger partial charge on any atom is 0.263 e. The van der Waals surface area contributed by atoms with E-state index in [4.69, 9.17) is 33.0 Å². The van der Waals surface area contributed by atoms with Crippen LogP contribution >= 0.6 is 23.2 Å². The lowest BCUT2D eigenvalue weighted by atomic mass is 10.1. The van der Waals surface area contributed by atoms with Crippen molar-refractivity contribution in [3.8, 4) is 5.75 Å². The Morgan fingerprint density at radius 3 is 2.67 bits per heavy atom. The van der Waals surface area contributed by atoms with Crippen molar-refractivity contribution in [1.82, 2.24) is 4.90 Å². The van der Waals surface area contributed by atoms with Crippen LogP contribution in [0.4, 0.5) is 0 Å². The van der Waals surface area contributed by atoms with Gasteiger partial charge in [0.1, 0.15) is 5.75 Å². The van der Waals surface area contributed by atoms with Crippen LogP contribution in [-0.2, 0) is 4.79 Å². The summed E-state index contributed by atoms with van der Waals surface area (Å²) in [5.41, 5.74) is 0. The molecule has 1 saturated heterocycles. The van der Waals surface area contributed by atoms with Gasteiger partial charge in [-0.05, 0) is 19.1 Å². The molecule has 98 valence electrons. The second kappa shape index (κ2) is 5.34. The predicted molar refractivity (Wildman–Crippen MR) is 69.1 cm³/mol. The molecule has 1 N–H and O–H groups in total. The summed E-state index contributed by atoms with van der Waals surface area (Å²) in [4.78, 5) is 13.4. The number of carbonyl (C=O) groups is 1. The van der Waals surface area contributed by atoms with E-state index >= 15 is 0 Å². The van der Waals surface area contributed by atoms with E-state index in [0.29, 0.717) is 28.9 Å². The Bertz CT molecular complexity index is 461. The minimum absolute atomic E-state index is 0.147. The molecule has 2 rings (SSSR count). The number of rotatable bonds is 3. The number of likely N-dealkylation sites (tertiary alicyclic amines) is 1. The molecule has 0 bridgehead atoms. The molecule has 1 aliphatic rings. The minimum atomic E-state index is -0.616. The Balaban J connectivity index is 1.96. The molecule has 1 amide bonds. The number of amides is 1. The van der Waals surface area contributed by atoms with Gasteiger partial charge in [-0.2, -0.15) is 0 Å². The minimum Gasteiger partial charge on any atom is -0.481 e. The third-order valence-electron chi connectivity index (χ3n) is 2.73. The Hall–Kier alpha value is -0.970. The first-order valence-electron chi connectivity index (χ1n) is 5.56. The molecule has 1 atom stereocenters. The maximum absolute atomic E-state index is 11.9. The molecule has 0 spiro atoms. The van der Waals surface area contributed by atoms with Crippen LogP contribution in [-0.4, -0.2) is 41.2 Å². The van der Waals surface area contributed by atoms with E-state index < -0.39 is 12.2 Å². The average molecular weight is 290 g/mol. The van der Waals surface area contributed by atoms with Gasteiger partial charge in [0.05, 0.1) is 16.1 Å². The van der Waals surface area contributed by atoms with Crippen LogP contribution in [0.1, 0.15) is 6.92 Å². The molecular formula is C12H13Cl2NO3. The fraction of sp³-hybridized carbons (Fsp3) is 0.417. The SMILES string of the molecule is CC(Oc1ccc(Cl)c(Cl)c1)C(=O)N1CC(O)C1. The maximum atomic E-state index is 11.9. The molecular weight excluding hydrogens is 277 g/mol. The number of β-amino-alcohol motifs (C(OH)–C–C–N with tert-alkyl or cyclic N) is 1. The zero-order chi connectivity index (χ0) is 13.3. The molecule has 0 aromatic heterocycles. The van der Waals surface area contributed by atoms with E-state index in [1.807, 2.05) is 0 Å². The molecule has 0 radical (unpaired) electrons. The van der Waals surface area contributed by atoms with Crippen LogP contribution in [0.15, 0.2) is 18.2 Å². The molecule has 6 heteroatoms.